The van der Waals surface area contributed by atoms with Crippen molar-refractivity contribution in [3.63, 3.8) is 0 Å². The summed E-state index contributed by atoms with van der Waals surface area (Å²) in [5.41, 5.74) is 0. The second-order valence-corrected chi connectivity index (χ2v) is 5.73. The molecule has 1 amide bonds. The lowest BCUT2D eigenvalue weighted by molar-refractivity contribution is -0.126. The van der Waals surface area contributed by atoms with E-state index in [-0.39, 0.29) is 11.8 Å². The summed E-state index contributed by atoms with van der Waals surface area (Å²) >= 11 is 0. The van der Waals surface area contributed by atoms with Crippen molar-refractivity contribution in [2.75, 3.05) is 20.6 Å². The minimum Gasteiger partial charge on any atom is -0.353 e. The molecule has 100 valence electrons. The molecule has 0 heterocycles. The van der Waals surface area contributed by atoms with E-state index in [1.807, 2.05) is 6.92 Å². The fourth-order valence-corrected chi connectivity index (χ4v) is 2.60. The van der Waals surface area contributed by atoms with Gasteiger partial charge in [-0.1, -0.05) is 26.7 Å². The molecule has 3 nitrogen and oxygen atoms in total. The Hall–Kier alpha value is -0.570. The zero-order valence-corrected chi connectivity index (χ0v) is 11.8. The lowest BCUT2D eigenvalue weighted by Crippen LogP contribution is -2.46. The third-order valence-electron chi connectivity index (χ3n) is 3.90. The number of nitrogens with one attached hydrogen (secondary N) is 1. The quantitative estimate of drug-likeness (QED) is 0.799. The number of carbonyl (C=O) groups is 1. The van der Waals surface area contributed by atoms with E-state index >= 15 is 0 Å². The maximum Gasteiger partial charge on any atom is 0.223 e. The Morgan fingerprint density at radius 3 is 2.59 bits per heavy atom. The Labute approximate surface area is 106 Å². The predicted molar refractivity (Wildman–Crippen MR) is 71.9 cm³/mol. The molecule has 1 fully saturated rings. The third kappa shape index (κ3) is 4.66. The number of hydrogen-bond donors (Lipinski definition) is 1. The minimum atomic E-state index is 0.150. The van der Waals surface area contributed by atoms with Crippen LogP contribution < -0.4 is 5.32 Å². The summed E-state index contributed by atoms with van der Waals surface area (Å²) in [5, 5.41) is 3.26. The Morgan fingerprint density at radius 1 is 1.35 bits per heavy atom. The molecule has 0 radical (unpaired) electrons. The number of carbonyl (C=O) groups excluding carboxylic acids is 1. The van der Waals surface area contributed by atoms with Crippen LogP contribution in [0.1, 0.15) is 46.0 Å². The van der Waals surface area contributed by atoms with Gasteiger partial charge in [-0.25, -0.2) is 0 Å². The van der Waals surface area contributed by atoms with Gasteiger partial charge in [-0.3, -0.25) is 4.79 Å². The molecule has 17 heavy (non-hydrogen) atoms. The van der Waals surface area contributed by atoms with Gasteiger partial charge in [-0.2, -0.15) is 0 Å². The number of hydrogen-bond acceptors (Lipinski definition) is 2. The Morgan fingerprint density at radius 2 is 2.00 bits per heavy atom. The van der Waals surface area contributed by atoms with E-state index in [0.29, 0.717) is 12.0 Å². The standard InChI is InChI=1S/C14H28N2O/c1-5-11(2)14(17)15-13-9-7-6-8-12(13)10-16(3)4/h11-13H,5-10H2,1-4H3,(H,15,17). The van der Waals surface area contributed by atoms with Gasteiger partial charge in [-0.05, 0) is 39.3 Å². The van der Waals surface area contributed by atoms with Crippen molar-refractivity contribution < 1.29 is 4.79 Å². The van der Waals surface area contributed by atoms with Crippen molar-refractivity contribution in [2.24, 2.45) is 11.8 Å². The number of nitrogens with zero attached hydrogens (tertiary/aromatic N) is 1. The molecule has 1 N–H and O–H groups in total. The first kappa shape index (κ1) is 14.5. The normalized spacial score (nSPS) is 26.9. The van der Waals surface area contributed by atoms with Crippen molar-refractivity contribution in [3.8, 4) is 0 Å². The largest absolute Gasteiger partial charge is 0.353 e. The van der Waals surface area contributed by atoms with Gasteiger partial charge >= 0.3 is 0 Å². The van der Waals surface area contributed by atoms with Crippen LogP contribution in [0.3, 0.4) is 0 Å². The molecule has 3 atom stereocenters. The molecule has 0 aromatic carbocycles. The zero-order valence-electron chi connectivity index (χ0n) is 11.8. The fraction of sp³-hybridized carbons (Fsp3) is 0.929. The third-order valence-corrected chi connectivity index (χ3v) is 3.90. The minimum absolute atomic E-state index is 0.150. The second kappa shape index (κ2) is 7.00. The monoisotopic (exact) mass is 240 g/mol. The number of rotatable bonds is 5. The highest BCUT2D eigenvalue weighted by Crippen LogP contribution is 2.25. The van der Waals surface area contributed by atoms with E-state index < -0.39 is 0 Å². The van der Waals surface area contributed by atoms with Crippen LogP contribution in [0.5, 0.6) is 0 Å². The van der Waals surface area contributed by atoms with Crippen molar-refractivity contribution in [2.45, 2.75) is 52.0 Å². The molecular formula is C14H28N2O. The molecule has 1 aliphatic carbocycles. The van der Waals surface area contributed by atoms with Gasteiger partial charge in [0.1, 0.15) is 0 Å². The molecule has 0 aliphatic heterocycles. The molecule has 0 bridgehead atoms. The van der Waals surface area contributed by atoms with Crippen LogP contribution in [0, 0.1) is 11.8 Å². The van der Waals surface area contributed by atoms with E-state index in [4.69, 9.17) is 0 Å². The molecule has 0 aromatic rings. The van der Waals surface area contributed by atoms with Crippen LogP contribution in [0.4, 0.5) is 0 Å². The highest BCUT2D eigenvalue weighted by Gasteiger charge is 2.27. The van der Waals surface area contributed by atoms with Crippen LogP contribution in [0.25, 0.3) is 0 Å². The molecule has 1 saturated carbocycles. The van der Waals surface area contributed by atoms with E-state index in [9.17, 15) is 4.79 Å². The molecule has 3 unspecified atom stereocenters. The lowest BCUT2D eigenvalue weighted by atomic mass is 9.84. The molecule has 0 saturated heterocycles. The van der Waals surface area contributed by atoms with Crippen molar-refractivity contribution in [3.05, 3.63) is 0 Å². The van der Waals surface area contributed by atoms with E-state index in [1.54, 1.807) is 0 Å². The summed E-state index contributed by atoms with van der Waals surface area (Å²) in [6.45, 7) is 5.17. The maximum absolute atomic E-state index is 11.9. The van der Waals surface area contributed by atoms with E-state index in [1.165, 1.54) is 19.3 Å². The first-order valence-corrected chi connectivity index (χ1v) is 6.99. The van der Waals surface area contributed by atoms with Crippen molar-refractivity contribution in [1.82, 2.24) is 10.2 Å². The first-order chi connectivity index (χ1) is 8.04. The summed E-state index contributed by atoms with van der Waals surface area (Å²) in [5.74, 6) is 1.02. The maximum atomic E-state index is 11.9. The fourth-order valence-electron chi connectivity index (χ4n) is 2.60. The Bertz CT molecular complexity index is 240. The van der Waals surface area contributed by atoms with Gasteiger partial charge in [-0.15, -0.1) is 0 Å². The zero-order chi connectivity index (χ0) is 12.8. The van der Waals surface area contributed by atoms with Gasteiger partial charge < -0.3 is 10.2 Å². The van der Waals surface area contributed by atoms with E-state index in [0.717, 1.165) is 19.4 Å². The van der Waals surface area contributed by atoms with Crippen LogP contribution >= 0.6 is 0 Å². The van der Waals surface area contributed by atoms with Crippen LogP contribution in [-0.2, 0) is 4.79 Å². The van der Waals surface area contributed by atoms with E-state index in [2.05, 4.69) is 31.2 Å². The SMILES string of the molecule is CCC(C)C(=O)NC1CCCCC1CN(C)C. The lowest BCUT2D eigenvalue weighted by Gasteiger charge is -2.34. The molecule has 0 aromatic heterocycles. The van der Waals surface area contributed by atoms with Crippen LogP contribution in [0.2, 0.25) is 0 Å². The summed E-state index contributed by atoms with van der Waals surface area (Å²) < 4.78 is 0. The van der Waals surface area contributed by atoms with Gasteiger partial charge in [0.2, 0.25) is 5.91 Å². The average Bonchev–Trinajstić information content (AvgIpc) is 2.29. The second-order valence-electron chi connectivity index (χ2n) is 5.73. The molecular weight excluding hydrogens is 212 g/mol. The van der Waals surface area contributed by atoms with Crippen molar-refractivity contribution >= 4 is 5.91 Å². The van der Waals surface area contributed by atoms with Crippen molar-refractivity contribution in [1.29, 1.82) is 0 Å². The molecule has 3 heteroatoms. The smallest absolute Gasteiger partial charge is 0.223 e. The summed E-state index contributed by atoms with van der Waals surface area (Å²) in [7, 11) is 4.23. The van der Waals surface area contributed by atoms with Gasteiger partial charge in [0, 0.05) is 18.5 Å². The van der Waals surface area contributed by atoms with Crippen LogP contribution in [-0.4, -0.2) is 37.5 Å². The van der Waals surface area contributed by atoms with Gasteiger partial charge in [0.15, 0.2) is 0 Å². The summed E-state index contributed by atoms with van der Waals surface area (Å²) in [4.78, 5) is 14.2. The molecule has 1 aliphatic rings. The highest BCUT2D eigenvalue weighted by atomic mass is 16.1. The topological polar surface area (TPSA) is 32.3 Å². The van der Waals surface area contributed by atoms with Crippen LogP contribution in [0.15, 0.2) is 0 Å². The molecule has 1 rings (SSSR count). The Kier molecular flexibility index (Phi) is 5.96. The summed E-state index contributed by atoms with van der Waals surface area (Å²) in [6.07, 6.45) is 5.91. The highest BCUT2D eigenvalue weighted by molar-refractivity contribution is 5.78. The number of amides is 1. The van der Waals surface area contributed by atoms with Gasteiger partial charge in [0.05, 0.1) is 0 Å². The Balaban J connectivity index is 2.50. The summed E-state index contributed by atoms with van der Waals surface area (Å²) in [6, 6.07) is 0.396. The van der Waals surface area contributed by atoms with Gasteiger partial charge in [0.25, 0.3) is 0 Å². The first-order valence-electron chi connectivity index (χ1n) is 6.99. The predicted octanol–water partition coefficient (Wildman–Crippen LogP) is 2.27. The average molecular weight is 240 g/mol. The molecule has 0 spiro atoms.